The number of rotatable bonds is 1. The van der Waals surface area contributed by atoms with Crippen LogP contribution in [0.2, 0.25) is 0 Å². The van der Waals surface area contributed by atoms with Gasteiger partial charge in [-0.2, -0.15) is 0 Å². The normalized spacial score (nSPS) is 32.1. The van der Waals surface area contributed by atoms with Gasteiger partial charge in [0, 0.05) is 19.0 Å². The Morgan fingerprint density at radius 3 is 2.29 bits per heavy atom. The maximum Gasteiger partial charge on any atom is 0.225 e. The van der Waals surface area contributed by atoms with Crippen molar-refractivity contribution in [1.82, 2.24) is 4.90 Å². The molecule has 0 aromatic rings. The van der Waals surface area contributed by atoms with Crippen LogP contribution >= 0.6 is 0 Å². The fourth-order valence-corrected chi connectivity index (χ4v) is 2.98. The van der Waals surface area contributed by atoms with E-state index in [4.69, 9.17) is 0 Å². The van der Waals surface area contributed by atoms with Crippen molar-refractivity contribution in [3.05, 3.63) is 0 Å². The SMILES string of the molecule is CC(C)C(=O)N1CC2CCCC(C2)C1. The number of fused-ring (bicyclic) bond motifs is 2. The van der Waals surface area contributed by atoms with Crippen molar-refractivity contribution < 1.29 is 4.79 Å². The van der Waals surface area contributed by atoms with Crippen molar-refractivity contribution in [3.8, 4) is 0 Å². The van der Waals surface area contributed by atoms with E-state index in [1.807, 2.05) is 13.8 Å². The standard InChI is InChI=1S/C12H21NO/c1-9(2)12(14)13-7-10-4-3-5-11(6-10)8-13/h9-11H,3-8H2,1-2H3. The first-order chi connectivity index (χ1) is 6.66. The number of nitrogens with zero attached hydrogens (tertiary/aromatic N) is 1. The molecule has 0 spiro atoms. The van der Waals surface area contributed by atoms with Gasteiger partial charge in [-0.05, 0) is 31.1 Å². The summed E-state index contributed by atoms with van der Waals surface area (Å²) in [5.74, 6) is 2.16. The van der Waals surface area contributed by atoms with Gasteiger partial charge in [0.2, 0.25) is 5.91 Å². The predicted molar refractivity (Wildman–Crippen MR) is 56.9 cm³/mol. The Labute approximate surface area is 86.7 Å². The molecule has 2 unspecified atom stereocenters. The van der Waals surface area contributed by atoms with Gasteiger partial charge < -0.3 is 4.90 Å². The third kappa shape index (κ3) is 1.94. The summed E-state index contributed by atoms with van der Waals surface area (Å²) in [7, 11) is 0. The molecule has 80 valence electrons. The number of likely N-dealkylation sites (tertiary alicyclic amines) is 1. The lowest BCUT2D eigenvalue weighted by atomic mass is 9.78. The van der Waals surface area contributed by atoms with E-state index in [0.717, 1.165) is 24.9 Å². The van der Waals surface area contributed by atoms with E-state index in [2.05, 4.69) is 4.90 Å². The summed E-state index contributed by atoms with van der Waals surface area (Å²) in [6.07, 6.45) is 5.46. The lowest BCUT2D eigenvalue weighted by Gasteiger charge is -2.42. The second-order valence-corrected chi connectivity index (χ2v) is 5.30. The maximum absolute atomic E-state index is 11.9. The molecule has 1 aliphatic carbocycles. The zero-order valence-electron chi connectivity index (χ0n) is 9.33. The molecule has 0 aromatic heterocycles. The van der Waals surface area contributed by atoms with E-state index >= 15 is 0 Å². The van der Waals surface area contributed by atoms with E-state index in [-0.39, 0.29) is 5.92 Å². The molecule has 1 amide bonds. The Kier molecular flexibility index (Phi) is 2.80. The van der Waals surface area contributed by atoms with Crippen LogP contribution in [-0.2, 0) is 4.79 Å². The highest BCUT2D eigenvalue weighted by molar-refractivity contribution is 5.78. The Bertz CT molecular complexity index is 212. The van der Waals surface area contributed by atoms with Gasteiger partial charge in [-0.1, -0.05) is 20.3 Å². The van der Waals surface area contributed by atoms with Gasteiger partial charge in [-0.15, -0.1) is 0 Å². The highest BCUT2D eigenvalue weighted by Gasteiger charge is 2.32. The van der Waals surface area contributed by atoms with Crippen LogP contribution in [0.5, 0.6) is 0 Å². The summed E-state index contributed by atoms with van der Waals surface area (Å²) in [6.45, 7) is 6.08. The summed E-state index contributed by atoms with van der Waals surface area (Å²) in [4.78, 5) is 14.0. The Hall–Kier alpha value is -0.530. The largest absolute Gasteiger partial charge is 0.342 e. The second kappa shape index (κ2) is 3.92. The van der Waals surface area contributed by atoms with Gasteiger partial charge in [0.1, 0.15) is 0 Å². The molecule has 1 saturated carbocycles. The van der Waals surface area contributed by atoms with Gasteiger partial charge in [0.05, 0.1) is 0 Å². The fourth-order valence-electron chi connectivity index (χ4n) is 2.98. The lowest BCUT2D eigenvalue weighted by Crippen LogP contribution is -2.47. The summed E-state index contributed by atoms with van der Waals surface area (Å²) in [5, 5.41) is 0. The van der Waals surface area contributed by atoms with Crippen LogP contribution in [0.15, 0.2) is 0 Å². The van der Waals surface area contributed by atoms with Gasteiger partial charge in [0.15, 0.2) is 0 Å². The zero-order chi connectivity index (χ0) is 10.1. The van der Waals surface area contributed by atoms with Gasteiger partial charge in [0.25, 0.3) is 0 Å². The van der Waals surface area contributed by atoms with Crippen LogP contribution in [0.4, 0.5) is 0 Å². The monoisotopic (exact) mass is 195 g/mol. The van der Waals surface area contributed by atoms with E-state index < -0.39 is 0 Å². The number of carbonyl (C=O) groups excluding carboxylic acids is 1. The summed E-state index contributed by atoms with van der Waals surface area (Å²) in [6, 6.07) is 0. The van der Waals surface area contributed by atoms with Crippen LogP contribution in [0, 0.1) is 17.8 Å². The first-order valence-electron chi connectivity index (χ1n) is 5.95. The third-order valence-corrected chi connectivity index (χ3v) is 3.65. The highest BCUT2D eigenvalue weighted by atomic mass is 16.2. The minimum atomic E-state index is 0.175. The molecule has 2 rings (SSSR count). The minimum absolute atomic E-state index is 0.175. The molecule has 2 bridgehead atoms. The summed E-state index contributed by atoms with van der Waals surface area (Å²) >= 11 is 0. The Morgan fingerprint density at radius 1 is 1.21 bits per heavy atom. The topological polar surface area (TPSA) is 20.3 Å². The Morgan fingerprint density at radius 2 is 1.79 bits per heavy atom. The van der Waals surface area contributed by atoms with Crippen molar-refractivity contribution in [2.24, 2.45) is 17.8 Å². The van der Waals surface area contributed by atoms with Crippen LogP contribution < -0.4 is 0 Å². The van der Waals surface area contributed by atoms with Crippen molar-refractivity contribution in [3.63, 3.8) is 0 Å². The van der Waals surface area contributed by atoms with Crippen molar-refractivity contribution in [2.75, 3.05) is 13.1 Å². The number of piperidine rings is 1. The molecule has 2 fully saturated rings. The van der Waals surface area contributed by atoms with Crippen molar-refractivity contribution >= 4 is 5.91 Å². The number of carbonyl (C=O) groups is 1. The molecule has 0 radical (unpaired) electrons. The van der Waals surface area contributed by atoms with Crippen LogP contribution in [0.25, 0.3) is 0 Å². The molecule has 0 aromatic carbocycles. The molecule has 2 atom stereocenters. The molecule has 1 aliphatic heterocycles. The Balaban J connectivity index is 1.98. The average molecular weight is 195 g/mol. The molecule has 2 nitrogen and oxygen atoms in total. The molecule has 0 N–H and O–H groups in total. The molecule has 14 heavy (non-hydrogen) atoms. The average Bonchev–Trinajstić information content (AvgIpc) is 2.15. The predicted octanol–water partition coefficient (Wildman–Crippen LogP) is 2.29. The zero-order valence-corrected chi connectivity index (χ0v) is 9.33. The number of hydrogen-bond acceptors (Lipinski definition) is 1. The van der Waals surface area contributed by atoms with Crippen LogP contribution in [0.1, 0.15) is 39.5 Å². The first kappa shape index (κ1) is 10.0. The van der Waals surface area contributed by atoms with Crippen LogP contribution in [-0.4, -0.2) is 23.9 Å². The minimum Gasteiger partial charge on any atom is -0.342 e. The van der Waals surface area contributed by atoms with E-state index in [1.54, 1.807) is 0 Å². The summed E-state index contributed by atoms with van der Waals surface area (Å²) in [5.41, 5.74) is 0. The van der Waals surface area contributed by atoms with Gasteiger partial charge in [-0.25, -0.2) is 0 Å². The smallest absolute Gasteiger partial charge is 0.225 e. The van der Waals surface area contributed by atoms with Crippen molar-refractivity contribution in [1.29, 1.82) is 0 Å². The van der Waals surface area contributed by atoms with E-state index in [1.165, 1.54) is 25.7 Å². The van der Waals surface area contributed by atoms with Crippen molar-refractivity contribution in [2.45, 2.75) is 39.5 Å². The number of hydrogen-bond donors (Lipinski definition) is 0. The van der Waals surface area contributed by atoms with Gasteiger partial charge >= 0.3 is 0 Å². The van der Waals surface area contributed by atoms with Crippen LogP contribution in [0.3, 0.4) is 0 Å². The molecule has 1 heterocycles. The molecular formula is C12H21NO. The second-order valence-electron chi connectivity index (χ2n) is 5.30. The van der Waals surface area contributed by atoms with Gasteiger partial charge in [-0.3, -0.25) is 4.79 Å². The third-order valence-electron chi connectivity index (χ3n) is 3.65. The highest BCUT2D eigenvalue weighted by Crippen LogP contribution is 2.34. The molecular weight excluding hydrogens is 174 g/mol. The van der Waals surface area contributed by atoms with E-state index in [9.17, 15) is 4.79 Å². The first-order valence-corrected chi connectivity index (χ1v) is 5.95. The number of amides is 1. The van der Waals surface area contributed by atoms with E-state index in [0.29, 0.717) is 5.91 Å². The maximum atomic E-state index is 11.9. The lowest BCUT2D eigenvalue weighted by molar-refractivity contribution is -0.138. The molecule has 2 heteroatoms. The summed E-state index contributed by atoms with van der Waals surface area (Å²) < 4.78 is 0. The molecule has 2 aliphatic rings. The fraction of sp³-hybridized carbons (Fsp3) is 0.917. The quantitative estimate of drug-likeness (QED) is 0.628. The molecule has 1 saturated heterocycles.